The van der Waals surface area contributed by atoms with Crippen LogP contribution < -0.4 is 14.8 Å². The summed E-state index contributed by atoms with van der Waals surface area (Å²) in [6, 6.07) is 8.88. The quantitative estimate of drug-likeness (QED) is 0.822. The largest absolute Gasteiger partial charge is 0.493 e. The van der Waals surface area contributed by atoms with E-state index < -0.39 is 17.8 Å². The number of amides is 1. The molecule has 8 heteroatoms. The summed E-state index contributed by atoms with van der Waals surface area (Å²) in [6.45, 7) is 0.359. The number of rotatable bonds is 6. The van der Waals surface area contributed by atoms with Gasteiger partial charge in [-0.25, -0.2) is 0 Å². The second-order valence-electron chi connectivity index (χ2n) is 4.69. The third-order valence-corrected chi connectivity index (χ3v) is 3.03. The van der Waals surface area contributed by atoms with Crippen molar-refractivity contribution in [2.45, 2.75) is 6.18 Å². The van der Waals surface area contributed by atoms with E-state index in [0.717, 1.165) is 18.3 Å². The van der Waals surface area contributed by atoms with E-state index >= 15 is 0 Å². The molecule has 24 heavy (non-hydrogen) atoms. The maximum atomic E-state index is 12.4. The van der Waals surface area contributed by atoms with E-state index in [1.807, 2.05) is 0 Å². The average molecular weight is 340 g/mol. The van der Waals surface area contributed by atoms with Crippen molar-refractivity contribution in [3.05, 3.63) is 53.9 Å². The van der Waals surface area contributed by atoms with Gasteiger partial charge in [-0.15, -0.1) is 0 Å². The number of pyridine rings is 1. The number of aromatic nitrogens is 1. The summed E-state index contributed by atoms with van der Waals surface area (Å²) in [6.07, 6.45) is -3.64. The fourth-order valence-corrected chi connectivity index (χ4v) is 1.86. The molecule has 1 aromatic carbocycles. The number of halogens is 3. The van der Waals surface area contributed by atoms with E-state index in [-0.39, 0.29) is 18.7 Å². The Hall–Kier alpha value is -2.77. The first-order chi connectivity index (χ1) is 11.4. The van der Waals surface area contributed by atoms with E-state index in [4.69, 9.17) is 9.47 Å². The molecule has 0 saturated carbocycles. The van der Waals surface area contributed by atoms with Gasteiger partial charge in [0.2, 0.25) is 0 Å². The van der Waals surface area contributed by atoms with Crippen LogP contribution in [0.1, 0.15) is 16.1 Å². The number of alkyl halides is 3. The van der Waals surface area contributed by atoms with Crippen molar-refractivity contribution in [3.63, 3.8) is 0 Å². The first kappa shape index (κ1) is 17.6. The molecule has 0 aliphatic carbocycles. The van der Waals surface area contributed by atoms with Crippen molar-refractivity contribution in [3.8, 4) is 11.5 Å². The lowest BCUT2D eigenvalue weighted by Crippen LogP contribution is -2.28. The molecule has 0 unspecified atom stereocenters. The zero-order valence-corrected chi connectivity index (χ0v) is 12.8. The summed E-state index contributed by atoms with van der Waals surface area (Å²) >= 11 is 0. The van der Waals surface area contributed by atoms with E-state index in [9.17, 15) is 18.0 Å². The number of carbonyl (C=O) groups excluding carboxylic acids is 1. The van der Waals surface area contributed by atoms with Gasteiger partial charge in [0.05, 0.1) is 19.2 Å². The monoisotopic (exact) mass is 340 g/mol. The van der Waals surface area contributed by atoms with Gasteiger partial charge in [0.1, 0.15) is 12.3 Å². The number of hydrogen-bond donors (Lipinski definition) is 1. The van der Waals surface area contributed by atoms with Crippen molar-refractivity contribution in [2.24, 2.45) is 0 Å². The van der Waals surface area contributed by atoms with Gasteiger partial charge in [-0.3, -0.25) is 9.78 Å². The van der Waals surface area contributed by atoms with Gasteiger partial charge in [0.25, 0.3) is 5.91 Å². The van der Waals surface area contributed by atoms with Gasteiger partial charge >= 0.3 is 6.18 Å². The number of nitrogens with one attached hydrogen (secondary N) is 1. The Bertz CT molecular complexity index is 688. The second-order valence-corrected chi connectivity index (χ2v) is 4.69. The van der Waals surface area contributed by atoms with E-state index in [1.165, 1.54) is 7.11 Å². The highest BCUT2D eigenvalue weighted by Gasteiger charge is 2.32. The SMILES string of the molecule is COc1ccccc1OCCNC(=O)c1ccc(C(F)(F)F)nc1. The molecule has 0 bridgehead atoms. The van der Waals surface area contributed by atoms with Gasteiger partial charge < -0.3 is 14.8 Å². The van der Waals surface area contributed by atoms with Crippen LogP contribution in [0.15, 0.2) is 42.6 Å². The zero-order chi connectivity index (χ0) is 17.6. The number of ether oxygens (including phenoxy) is 2. The predicted molar refractivity (Wildman–Crippen MR) is 80.1 cm³/mol. The summed E-state index contributed by atoms with van der Waals surface area (Å²) in [4.78, 5) is 15.1. The van der Waals surface area contributed by atoms with Crippen LogP contribution in [0.2, 0.25) is 0 Å². The van der Waals surface area contributed by atoms with Crippen molar-refractivity contribution in [1.29, 1.82) is 0 Å². The molecule has 5 nitrogen and oxygen atoms in total. The Morgan fingerprint density at radius 2 is 1.88 bits per heavy atom. The minimum absolute atomic E-state index is 0.0419. The molecule has 0 fully saturated rings. The highest BCUT2D eigenvalue weighted by molar-refractivity contribution is 5.93. The van der Waals surface area contributed by atoms with Gasteiger partial charge in [0, 0.05) is 6.20 Å². The summed E-state index contributed by atoms with van der Waals surface area (Å²) in [5, 5.41) is 2.54. The smallest absolute Gasteiger partial charge is 0.433 e. The van der Waals surface area contributed by atoms with Gasteiger partial charge in [-0.05, 0) is 24.3 Å². The van der Waals surface area contributed by atoms with Gasteiger partial charge in [-0.2, -0.15) is 13.2 Å². The second kappa shape index (κ2) is 7.67. The number of methoxy groups -OCH3 is 1. The minimum atomic E-state index is -4.53. The van der Waals surface area contributed by atoms with Crippen LogP contribution in [-0.4, -0.2) is 31.2 Å². The third-order valence-electron chi connectivity index (χ3n) is 3.03. The Morgan fingerprint density at radius 1 is 1.17 bits per heavy atom. The average Bonchev–Trinajstić information content (AvgIpc) is 2.58. The number of nitrogens with zero attached hydrogens (tertiary/aromatic N) is 1. The van der Waals surface area contributed by atoms with Crippen molar-refractivity contribution in [2.75, 3.05) is 20.3 Å². The molecular weight excluding hydrogens is 325 g/mol. The highest BCUT2D eigenvalue weighted by Crippen LogP contribution is 2.27. The summed E-state index contributed by atoms with van der Waals surface area (Å²) in [7, 11) is 1.52. The molecule has 0 saturated heterocycles. The molecule has 0 aliphatic heterocycles. The Morgan fingerprint density at radius 3 is 2.46 bits per heavy atom. The molecule has 1 heterocycles. The number of carbonyl (C=O) groups is 1. The lowest BCUT2D eigenvalue weighted by atomic mass is 10.2. The first-order valence-corrected chi connectivity index (χ1v) is 6.99. The van der Waals surface area contributed by atoms with Crippen LogP contribution in [0.3, 0.4) is 0 Å². The molecule has 1 N–H and O–H groups in total. The topological polar surface area (TPSA) is 60.5 Å². The lowest BCUT2D eigenvalue weighted by molar-refractivity contribution is -0.141. The third kappa shape index (κ3) is 4.61. The number of hydrogen-bond acceptors (Lipinski definition) is 4. The van der Waals surface area contributed by atoms with Crippen molar-refractivity contribution in [1.82, 2.24) is 10.3 Å². The van der Waals surface area contributed by atoms with Crippen LogP contribution in [0.5, 0.6) is 11.5 Å². The molecule has 0 aliphatic rings. The van der Waals surface area contributed by atoms with Gasteiger partial charge in [-0.1, -0.05) is 12.1 Å². The summed E-state index contributed by atoms with van der Waals surface area (Å²) < 4.78 is 47.8. The number of benzene rings is 1. The van der Waals surface area contributed by atoms with Crippen LogP contribution in [0.4, 0.5) is 13.2 Å². The van der Waals surface area contributed by atoms with Crippen LogP contribution in [0, 0.1) is 0 Å². The molecule has 1 amide bonds. The molecular formula is C16H15F3N2O3. The summed E-state index contributed by atoms with van der Waals surface area (Å²) in [5.41, 5.74) is -1.00. The maximum absolute atomic E-state index is 12.4. The number of para-hydroxylation sites is 2. The first-order valence-electron chi connectivity index (χ1n) is 6.99. The standard InChI is InChI=1S/C16H15F3N2O3/c1-23-12-4-2-3-5-13(12)24-9-8-20-15(22)11-6-7-14(21-10-11)16(17,18)19/h2-7,10H,8-9H2,1H3,(H,20,22). The minimum Gasteiger partial charge on any atom is -0.493 e. The fourth-order valence-electron chi connectivity index (χ4n) is 1.86. The maximum Gasteiger partial charge on any atom is 0.433 e. The molecule has 128 valence electrons. The molecule has 0 atom stereocenters. The Kier molecular flexibility index (Phi) is 5.62. The van der Waals surface area contributed by atoms with Crippen LogP contribution in [-0.2, 0) is 6.18 Å². The fraction of sp³-hybridized carbons (Fsp3) is 0.250. The Labute approximate surface area is 136 Å². The molecule has 1 aromatic heterocycles. The normalized spacial score (nSPS) is 11.0. The van der Waals surface area contributed by atoms with E-state index in [0.29, 0.717) is 11.5 Å². The Balaban J connectivity index is 1.83. The molecule has 0 radical (unpaired) electrons. The highest BCUT2D eigenvalue weighted by atomic mass is 19.4. The predicted octanol–water partition coefficient (Wildman–Crippen LogP) is 2.92. The van der Waals surface area contributed by atoms with Crippen LogP contribution >= 0.6 is 0 Å². The summed E-state index contributed by atoms with van der Waals surface area (Å²) in [5.74, 6) is 0.570. The molecule has 0 spiro atoms. The zero-order valence-electron chi connectivity index (χ0n) is 12.8. The lowest BCUT2D eigenvalue weighted by Gasteiger charge is -2.11. The molecule has 2 aromatic rings. The van der Waals surface area contributed by atoms with Crippen molar-refractivity contribution >= 4 is 5.91 Å². The van der Waals surface area contributed by atoms with E-state index in [1.54, 1.807) is 24.3 Å². The van der Waals surface area contributed by atoms with Gasteiger partial charge in [0.15, 0.2) is 11.5 Å². The molecule has 2 rings (SSSR count). The van der Waals surface area contributed by atoms with E-state index in [2.05, 4.69) is 10.3 Å². The van der Waals surface area contributed by atoms with Crippen molar-refractivity contribution < 1.29 is 27.4 Å². The van der Waals surface area contributed by atoms with Crippen LogP contribution in [0.25, 0.3) is 0 Å².